The number of carbonyl (C=O) groups excluding carboxylic acids is 1. The third kappa shape index (κ3) is 6.10. The van der Waals surface area contributed by atoms with Gasteiger partial charge in [-0.2, -0.15) is 0 Å². The first-order chi connectivity index (χ1) is 8.60. The van der Waals surface area contributed by atoms with Crippen LogP contribution in [0.1, 0.15) is 68.1 Å². The Hall–Kier alpha value is -0.970. The molecule has 0 saturated heterocycles. The van der Waals surface area contributed by atoms with Gasteiger partial charge in [0.2, 0.25) is 5.91 Å². The van der Waals surface area contributed by atoms with E-state index in [-0.39, 0.29) is 12.7 Å². The minimum absolute atomic E-state index is 0. The summed E-state index contributed by atoms with van der Waals surface area (Å²) in [5.41, 5.74) is 0.00358. The molecule has 1 aliphatic rings. The predicted molar refractivity (Wildman–Crippen MR) is 80.3 cm³/mol. The fraction of sp³-hybridized carbons (Fsp3) is 0.812. The Bertz CT molecular complexity index is 298. The fourth-order valence-corrected chi connectivity index (χ4v) is 1.73. The van der Waals surface area contributed by atoms with Gasteiger partial charge >= 0.3 is 0 Å². The smallest absolute Gasteiger partial charge is 0.226 e. The van der Waals surface area contributed by atoms with E-state index in [9.17, 15) is 4.79 Å². The minimum Gasteiger partial charge on any atom is -0.356 e. The average Bonchev–Trinajstić information content (AvgIpc) is 3.16. The van der Waals surface area contributed by atoms with Crippen LogP contribution in [0.2, 0.25) is 0 Å². The zero-order valence-electron chi connectivity index (χ0n) is 12.7. The molecule has 0 aromatic rings. The van der Waals surface area contributed by atoms with Crippen molar-refractivity contribution in [2.45, 2.75) is 66.7 Å². The van der Waals surface area contributed by atoms with Crippen LogP contribution in [0.25, 0.3) is 0 Å². The highest BCUT2D eigenvalue weighted by Gasteiger charge is 2.47. The number of rotatable bonds is 5. The van der Waals surface area contributed by atoms with Crippen molar-refractivity contribution in [1.29, 1.82) is 0 Å². The SMILES string of the molecule is CC.CCC1(C(=O)NCCCC#CC(C)C)CC1.[HH]. The molecule has 0 radical (unpaired) electrons. The number of unbranched alkanes of at least 4 members (excludes halogenated alkanes) is 1. The first-order valence-electron chi connectivity index (χ1n) is 7.37. The number of amides is 1. The van der Waals surface area contributed by atoms with Crippen LogP contribution in [0.4, 0.5) is 0 Å². The molecule has 0 spiro atoms. The lowest BCUT2D eigenvalue weighted by atomic mass is 10.0. The summed E-state index contributed by atoms with van der Waals surface area (Å²) in [4.78, 5) is 11.8. The van der Waals surface area contributed by atoms with Gasteiger partial charge in [-0.05, 0) is 25.7 Å². The molecule has 0 aromatic heterocycles. The van der Waals surface area contributed by atoms with Crippen molar-refractivity contribution >= 4 is 5.91 Å². The van der Waals surface area contributed by atoms with Crippen molar-refractivity contribution in [3.05, 3.63) is 0 Å². The molecule has 1 rings (SSSR count). The van der Waals surface area contributed by atoms with Crippen molar-refractivity contribution in [2.75, 3.05) is 6.54 Å². The summed E-state index contributed by atoms with van der Waals surface area (Å²) in [6.07, 6.45) is 4.97. The highest BCUT2D eigenvalue weighted by molar-refractivity contribution is 5.85. The van der Waals surface area contributed by atoms with E-state index in [2.05, 4.69) is 37.9 Å². The van der Waals surface area contributed by atoms with Crippen molar-refractivity contribution in [1.82, 2.24) is 5.32 Å². The molecule has 0 bridgehead atoms. The van der Waals surface area contributed by atoms with Gasteiger partial charge in [0, 0.05) is 25.7 Å². The van der Waals surface area contributed by atoms with Crippen molar-refractivity contribution in [3.8, 4) is 11.8 Å². The van der Waals surface area contributed by atoms with Gasteiger partial charge in [0.25, 0.3) is 0 Å². The summed E-state index contributed by atoms with van der Waals surface area (Å²) in [5.74, 6) is 6.96. The molecule has 0 unspecified atom stereocenters. The summed E-state index contributed by atoms with van der Waals surface area (Å²) in [7, 11) is 0. The Balaban J connectivity index is 0. The van der Waals surface area contributed by atoms with Crippen LogP contribution in [-0.4, -0.2) is 12.5 Å². The maximum atomic E-state index is 11.8. The van der Waals surface area contributed by atoms with Crippen molar-refractivity contribution in [3.63, 3.8) is 0 Å². The average molecular weight is 253 g/mol. The molecule has 0 aromatic carbocycles. The normalized spacial score (nSPS) is 15.0. The minimum atomic E-state index is 0. The maximum Gasteiger partial charge on any atom is 0.226 e. The quantitative estimate of drug-likeness (QED) is 0.582. The molecule has 18 heavy (non-hydrogen) atoms. The second-order valence-corrected chi connectivity index (χ2v) is 4.97. The summed E-state index contributed by atoms with van der Waals surface area (Å²) >= 11 is 0. The predicted octanol–water partition coefficient (Wildman–Crippen LogP) is 4.00. The molecule has 0 aliphatic heterocycles. The van der Waals surface area contributed by atoms with Gasteiger partial charge in [-0.1, -0.05) is 34.6 Å². The molecule has 0 atom stereocenters. The van der Waals surface area contributed by atoms with Gasteiger partial charge in [0.05, 0.1) is 0 Å². The molecule has 1 saturated carbocycles. The Morgan fingerprint density at radius 1 is 1.39 bits per heavy atom. The molecule has 106 valence electrons. The number of hydrogen-bond acceptors (Lipinski definition) is 1. The highest BCUT2D eigenvalue weighted by atomic mass is 16.2. The summed E-state index contributed by atoms with van der Waals surface area (Å²) in [6, 6.07) is 0. The van der Waals surface area contributed by atoms with Crippen LogP contribution >= 0.6 is 0 Å². The second kappa shape index (κ2) is 9.03. The summed E-state index contributed by atoms with van der Waals surface area (Å²) in [6.45, 7) is 11.0. The van der Waals surface area contributed by atoms with E-state index in [0.717, 1.165) is 38.6 Å². The summed E-state index contributed by atoms with van der Waals surface area (Å²) < 4.78 is 0. The third-order valence-corrected chi connectivity index (χ3v) is 3.17. The van der Waals surface area contributed by atoms with E-state index in [1.165, 1.54) is 0 Å². The van der Waals surface area contributed by atoms with Crippen molar-refractivity contribution in [2.24, 2.45) is 11.3 Å². The van der Waals surface area contributed by atoms with Crippen molar-refractivity contribution < 1.29 is 6.22 Å². The molecular weight excluding hydrogens is 222 g/mol. The Labute approximate surface area is 114 Å². The van der Waals surface area contributed by atoms with E-state index in [1.807, 2.05) is 13.8 Å². The molecule has 1 amide bonds. The largest absolute Gasteiger partial charge is 0.356 e. The third-order valence-electron chi connectivity index (χ3n) is 3.17. The van der Waals surface area contributed by atoms with E-state index < -0.39 is 0 Å². The van der Waals surface area contributed by atoms with E-state index in [4.69, 9.17) is 0 Å². The van der Waals surface area contributed by atoms with E-state index in [1.54, 1.807) is 0 Å². The van der Waals surface area contributed by atoms with E-state index >= 15 is 0 Å². The van der Waals surface area contributed by atoms with Gasteiger partial charge in [-0.15, -0.1) is 11.8 Å². The van der Waals surface area contributed by atoms with Gasteiger partial charge < -0.3 is 5.32 Å². The van der Waals surface area contributed by atoms with Crippen LogP contribution in [0.3, 0.4) is 0 Å². The van der Waals surface area contributed by atoms with Crippen LogP contribution < -0.4 is 5.32 Å². The zero-order valence-corrected chi connectivity index (χ0v) is 12.7. The van der Waals surface area contributed by atoms with Crippen LogP contribution in [0.5, 0.6) is 0 Å². The van der Waals surface area contributed by atoms with Gasteiger partial charge in [-0.25, -0.2) is 0 Å². The lowest BCUT2D eigenvalue weighted by molar-refractivity contribution is -0.126. The second-order valence-electron chi connectivity index (χ2n) is 4.97. The molecule has 1 N–H and O–H groups in total. The molecule has 0 heterocycles. The van der Waals surface area contributed by atoms with Crippen LogP contribution in [0, 0.1) is 23.2 Å². The van der Waals surface area contributed by atoms with Crippen LogP contribution in [-0.2, 0) is 4.79 Å². The molecular formula is C16H31NO. The Morgan fingerprint density at radius 2 is 2.00 bits per heavy atom. The zero-order chi connectivity index (χ0) is 14.0. The number of nitrogens with one attached hydrogen (secondary N) is 1. The topological polar surface area (TPSA) is 29.1 Å². The molecule has 1 fully saturated rings. The maximum absolute atomic E-state index is 11.8. The van der Waals surface area contributed by atoms with Crippen LogP contribution in [0.15, 0.2) is 0 Å². The molecule has 2 heteroatoms. The Morgan fingerprint density at radius 3 is 2.44 bits per heavy atom. The summed E-state index contributed by atoms with van der Waals surface area (Å²) in [5, 5.41) is 3.02. The molecule has 1 aliphatic carbocycles. The first-order valence-corrected chi connectivity index (χ1v) is 7.37. The van der Waals surface area contributed by atoms with E-state index in [0.29, 0.717) is 5.92 Å². The Kier molecular flexibility index (Phi) is 8.54. The monoisotopic (exact) mass is 253 g/mol. The standard InChI is InChI=1S/C14H23NO.C2H6.H2/c1-4-14(9-10-14)13(16)15-11-7-5-6-8-12(2)3;1-2;/h12H,4-5,7,9-11H2,1-3H3,(H,15,16);1-2H3;1H. The van der Waals surface area contributed by atoms with Gasteiger partial charge in [0.1, 0.15) is 0 Å². The lowest BCUT2D eigenvalue weighted by Crippen LogP contribution is -2.32. The highest BCUT2D eigenvalue weighted by Crippen LogP contribution is 2.48. The molecule has 2 nitrogen and oxygen atoms in total. The first kappa shape index (κ1) is 17.0. The van der Waals surface area contributed by atoms with Gasteiger partial charge in [0.15, 0.2) is 0 Å². The number of hydrogen-bond donors (Lipinski definition) is 1. The van der Waals surface area contributed by atoms with Gasteiger partial charge in [-0.3, -0.25) is 4.79 Å². The fourth-order valence-electron chi connectivity index (χ4n) is 1.73. The number of carbonyl (C=O) groups is 1. The lowest BCUT2D eigenvalue weighted by Gasteiger charge is -2.11.